The fourth-order valence-corrected chi connectivity index (χ4v) is 1.75. The van der Waals surface area contributed by atoms with Crippen molar-refractivity contribution in [3.8, 4) is 0 Å². The van der Waals surface area contributed by atoms with Crippen LogP contribution in [0.25, 0.3) is 0 Å². The van der Waals surface area contributed by atoms with E-state index in [2.05, 4.69) is 10.4 Å². The van der Waals surface area contributed by atoms with Crippen LogP contribution < -0.4 is 5.32 Å². The van der Waals surface area contributed by atoms with Gasteiger partial charge in [-0.3, -0.25) is 14.3 Å². The quantitative estimate of drug-likeness (QED) is 0.592. The Balaban J connectivity index is 2.37. The Kier molecular flexibility index (Phi) is 6.05. The van der Waals surface area contributed by atoms with Crippen LogP contribution in [0, 0.1) is 0 Å². The maximum atomic E-state index is 11.9. The fourth-order valence-electron chi connectivity index (χ4n) is 1.75. The van der Waals surface area contributed by atoms with Crippen molar-refractivity contribution in [2.24, 2.45) is 7.05 Å². The molecule has 0 aliphatic rings. The Hall–Kier alpha value is -1.85. The van der Waals surface area contributed by atoms with Crippen LogP contribution in [0.1, 0.15) is 42.7 Å². The van der Waals surface area contributed by atoms with Gasteiger partial charge in [-0.1, -0.05) is 6.92 Å². The van der Waals surface area contributed by atoms with E-state index in [4.69, 9.17) is 4.74 Å². The zero-order valence-electron chi connectivity index (χ0n) is 11.7. The van der Waals surface area contributed by atoms with Crippen LogP contribution in [0.4, 0.5) is 0 Å². The van der Waals surface area contributed by atoms with Gasteiger partial charge in [-0.2, -0.15) is 5.10 Å². The summed E-state index contributed by atoms with van der Waals surface area (Å²) in [4.78, 5) is 23.0. The van der Waals surface area contributed by atoms with E-state index in [1.165, 1.54) is 0 Å². The lowest BCUT2D eigenvalue weighted by molar-refractivity contribution is -0.143. The molecule has 19 heavy (non-hydrogen) atoms. The van der Waals surface area contributed by atoms with Crippen molar-refractivity contribution in [1.29, 1.82) is 0 Å². The molecule has 0 bridgehead atoms. The Morgan fingerprint density at radius 3 is 2.79 bits per heavy atom. The number of rotatable bonds is 7. The minimum absolute atomic E-state index is 0.145. The van der Waals surface area contributed by atoms with Crippen LogP contribution >= 0.6 is 0 Å². The van der Waals surface area contributed by atoms with Crippen molar-refractivity contribution < 1.29 is 14.3 Å². The number of carbonyl (C=O) groups is 2. The highest BCUT2D eigenvalue weighted by Crippen LogP contribution is 2.06. The van der Waals surface area contributed by atoms with Gasteiger partial charge < -0.3 is 10.1 Å². The highest BCUT2D eigenvalue weighted by molar-refractivity contribution is 5.95. The Morgan fingerprint density at radius 1 is 1.42 bits per heavy atom. The average molecular weight is 267 g/mol. The Bertz CT molecular complexity index is 440. The molecule has 0 atom stereocenters. The predicted octanol–water partition coefficient (Wildman–Crippen LogP) is 1.06. The van der Waals surface area contributed by atoms with Gasteiger partial charge in [0.05, 0.1) is 17.9 Å². The van der Waals surface area contributed by atoms with Gasteiger partial charge in [-0.25, -0.2) is 0 Å². The van der Waals surface area contributed by atoms with Crippen LogP contribution in [0.15, 0.2) is 6.20 Å². The molecule has 1 aromatic heterocycles. The lowest BCUT2D eigenvalue weighted by Gasteiger charge is -2.04. The molecule has 106 valence electrons. The number of amides is 1. The molecule has 0 saturated carbocycles. The maximum absolute atomic E-state index is 11.9. The van der Waals surface area contributed by atoms with Crippen LogP contribution in [0.2, 0.25) is 0 Å². The summed E-state index contributed by atoms with van der Waals surface area (Å²) in [5.41, 5.74) is 1.38. The molecule has 0 radical (unpaired) electrons. The zero-order chi connectivity index (χ0) is 14.3. The second-order valence-corrected chi connectivity index (χ2v) is 4.18. The van der Waals surface area contributed by atoms with E-state index in [1.807, 2.05) is 6.92 Å². The first kappa shape index (κ1) is 15.2. The van der Waals surface area contributed by atoms with Gasteiger partial charge in [0.2, 0.25) is 0 Å². The molecule has 0 saturated heterocycles. The van der Waals surface area contributed by atoms with E-state index in [1.54, 1.807) is 24.9 Å². The number of hydrogen-bond donors (Lipinski definition) is 1. The standard InChI is InChI=1S/C13H21N3O3/c1-4-11-10(9-16(3)15-11)13(18)14-8-6-7-12(17)19-5-2/h9H,4-8H2,1-3H3,(H,14,18). The maximum Gasteiger partial charge on any atom is 0.305 e. The van der Waals surface area contributed by atoms with E-state index >= 15 is 0 Å². The molecule has 0 unspecified atom stereocenters. The van der Waals surface area contributed by atoms with Gasteiger partial charge in [0.1, 0.15) is 0 Å². The summed E-state index contributed by atoms with van der Waals surface area (Å²) in [5, 5.41) is 7.00. The minimum Gasteiger partial charge on any atom is -0.466 e. The average Bonchev–Trinajstić information content (AvgIpc) is 2.76. The van der Waals surface area contributed by atoms with Gasteiger partial charge >= 0.3 is 5.97 Å². The molecule has 1 aromatic rings. The molecule has 0 fully saturated rings. The number of nitrogens with one attached hydrogen (secondary N) is 1. The molecule has 0 aromatic carbocycles. The van der Waals surface area contributed by atoms with Crippen LogP contribution in [-0.4, -0.2) is 34.8 Å². The molecule has 0 aliphatic heterocycles. The molecule has 1 amide bonds. The first-order chi connectivity index (χ1) is 9.08. The van der Waals surface area contributed by atoms with Crippen LogP contribution in [-0.2, 0) is 23.0 Å². The van der Waals surface area contributed by atoms with Gasteiger partial charge in [0, 0.05) is 26.2 Å². The molecule has 1 heterocycles. The normalized spacial score (nSPS) is 10.3. The molecule has 1 rings (SSSR count). The predicted molar refractivity (Wildman–Crippen MR) is 70.8 cm³/mol. The SMILES string of the molecule is CCOC(=O)CCCNC(=O)c1cn(C)nc1CC. The monoisotopic (exact) mass is 267 g/mol. The van der Waals surface area contributed by atoms with Crippen molar-refractivity contribution in [1.82, 2.24) is 15.1 Å². The molecule has 1 N–H and O–H groups in total. The molecule has 6 heteroatoms. The van der Waals surface area contributed by atoms with Gasteiger partial charge in [0.15, 0.2) is 0 Å². The fraction of sp³-hybridized carbons (Fsp3) is 0.615. The van der Waals surface area contributed by atoms with E-state index in [0.29, 0.717) is 38.0 Å². The third-order valence-corrected chi connectivity index (χ3v) is 2.63. The topological polar surface area (TPSA) is 73.2 Å². The Morgan fingerprint density at radius 2 is 2.16 bits per heavy atom. The Labute approximate surface area is 113 Å². The highest BCUT2D eigenvalue weighted by Gasteiger charge is 2.13. The van der Waals surface area contributed by atoms with Gasteiger partial charge in [-0.05, 0) is 19.8 Å². The van der Waals surface area contributed by atoms with Crippen molar-refractivity contribution >= 4 is 11.9 Å². The summed E-state index contributed by atoms with van der Waals surface area (Å²) in [6.07, 6.45) is 3.32. The number of carbonyl (C=O) groups excluding carboxylic acids is 2. The molecule has 6 nitrogen and oxygen atoms in total. The van der Waals surface area contributed by atoms with Crippen molar-refractivity contribution in [3.05, 3.63) is 17.5 Å². The van der Waals surface area contributed by atoms with Gasteiger partial charge in [-0.15, -0.1) is 0 Å². The summed E-state index contributed by atoms with van der Waals surface area (Å²) < 4.78 is 6.44. The smallest absolute Gasteiger partial charge is 0.305 e. The van der Waals surface area contributed by atoms with E-state index in [9.17, 15) is 9.59 Å². The molecule has 0 aliphatic carbocycles. The summed E-state index contributed by atoms with van der Waals surface area (Å²) >= 11 is 0. The number of ether oxygens (including phenoxy) is 1. The number of aryl methyl sites for hydroxylation is 2. The van der Waals surface area contributed by atoms with Crippen molar-refractivity contribution in [3.63, 3.8) is 0 Å². The number of nitrogens with zero attached hydrogens (tertiary/aromatic N) is 2. The van der Waals surface area contributed by atoms with E-state index in [-0.39, 0.29) is 11.9 Å². The number of aromatic nitrogens is 2. The second kappa shape index (κ2) is 7.56. The van der Waals surface area contributed by atoms with Crippen molar-refractivity contribution in [2.75, 3.05) is 13.2 Å². The van der Waals surface area contributed by atoms with E-state index in [0.717, 1.165) is 5.69 Å². The summed E-state index contributed by atoms with van der Waals surface area (Å²) in [5.74, 6) is -0.374. The summed E-state index contributed by atoms with van der Waals surface area (Å²) in [6, 6.07) is 0. The molecule has 0 spiro atoms. The second-order valence-electron chi connectivity index (χ2n) is 4.18. The van der Waals surface area contributed by atoms with Crippen LogP contribution in [0.5, 0.6) is 0 Å². The largest absolute Gasteiger partial charge is 0.466 e. The molecular formula is C13H21N3O3. The summed E-state index contributed by atoms with van der Waals surface area (Å²) in [6.45, 7) is 4.57. The highest BCUT2D eigenvalue weighted by atomic mass is 16.5. The minimum atomic E-state index is -0.229. The van der Waals surface area contributed by atoms with Crippen molar-refractivity contribution in [2.45, 2.75) is 33.1 Å². The third kappa shape index (κ3) is 4.73. The lowest BCUT2D eigenvalue weighted by atomic mass is 10.2. The zero-order valence-corrected chi connectivity index (χ0v) is 11.7. The third-order valence-electron chi connectivity index (χ3n) is 2.63. The van der Waals surface area contributed by atoms with Crippen LogP contribution in [0.3, 0.4) is 0 Å². The number of esters is 1. The van der Waals surface area contributed by atoms with Gasteiger partial charge in [0.25, 0.3) is 5.91 Å². The molecular weight excluding hydrogens is 246 g/mol. The van der Waals surface area contributed by atoms with E-state index < -0.39 is 0 Å². The first-order valence-corrected chi connectivity index (χ1v) is 6.54. The summed E-state index contributed by atoms with van der Waals surface area (Å²) in [7, 11) is 1.79. The number of hydrogen-bond acceptors (Lipinski definition) is 4. The lowest BCUT2D eigenvalue weighted by Crippen LogP contribution is -2.25. The first-order valence-electron chi connectivity index (χ1n) is 6.54.